The van der Waals surface area contributed by atoms with E-state index in [4.69, 9.17) is 4.99 Å². The second kappa shape index (κ2) is 6.69. The van der Waals surface area contributed by atoms with Crippen LogP contribution in [0.5, 0.6) is 0 Å². The Kier molecular flexibility index (Phi) is 4.94. The fraction of sp³-hybridized carbons (Fsp3) is 0.562. The standard InChI is InChI=1S/C16H24N2/c1-3-18(4-2)12-11-17-16-10-9-14-7-5-6-8-15(14)13-16/h5-8H,3-4,9-13H2,1-2H3. The van der Waals surface area contributed by atoms with Crippen molar-refractivity contribution in [1.29, 1.82) is 0 Å². The van der Waals surface area contributed by atoms with E-state index in [9.17, 15) is 0 Å². The molecule has 1 aliphatic carbocycles. The predicted molar refractivity (Wildman–Crippen MR) is 78.6 cm³/mol. The Labute approximate surface area is 111 Å². The lowest BCUT2D eigenvalue weighted by Gasteiger charge is -2.19. The zero-order valence-electron chi connectivity index (χ0n) is 11.7. The van der Waals surface area contributed by atoms with Gasteiger partial charge < -0.3 is 4.90 Å². The van der Waals surface area contributed by atoms with E-state index in [1.54, 1.807) is 0 Å². The van der Waals surface area contributed by atoms with Crippen molar-refractivity contribution in [1.82, 2.24) is 4.90 Å². The molecule has 0 aliphatic heterocycles. The molecule has 0 bridgehead atoms. The highest BCUT2D eigenvalue weighted by Crippen LogP contribution is 2.19. The van der Waals surface area contributed by atoms with E-state index >= 15 is 0 Å². The van der Waals surface area contributed by atoms with E-state index in [0.717, 1.165) is 39.0 Å². The van der Waals surface area contributed by atoms with Gasteiger partial charge in [0.25, 0.3) is 0 Å². The van der Waals surface area contributed by atoms with E-state index in [-0.39, 0.29) is 0 Å². The van der Waals surface area contributed by atoms with Gasteiger partial charge in [-0.15, -0.1) is 0 Å². The summed E-state index contributed by atoms with van der Waals surface area (Å²) in [6.07, 6.45) is 3.38. The predicted octanol–water partition coefficient (Wildman–Crippen LogP) is 2.96. The van der Waals surface area contributed by atoms with Crippen molar-refractivity contribution in [2.24, 2.45) is 4.99 Å². The first-order valence-corrected chi connectivity index (χ1v) is 7.14. The summed E-state index contributed by atoms with van der Waals surface area (Å²) < 4.78 is 0. The summed E-state index contributed by atoms with van der Waals surface area (Å²) in [7, 11) is 0. The molecule has 0 fully saturated rings. The van der Waals surface area contributed by atoms with E-state index in [0.29, 0.717) is 0 Å². The lowest BCUT2D eigenvalue weighted by atomic mass is 9.90. The van der Waals surface area contributed by atoms with E-state index in [2.05, 4.69) is 43.0 Å². The van der Waals surface area contributed by atoms with Gasteiger partial charge in [-0.2, -0.15) is 0 Å². The molecular weight excluding hydrogens is 220 g/mol. The molecular formula is C16H24N2. The Bertz CT molecular complexity index is 405. The van der Waals surface area contributed by atoms with Crippen molar-refractivity contribution < 1.29 is 0 Å². The molecule has 2 heteroatoms. The highest BCUT2D eigenvalue weighted by atomic mass is 15.1. The maximum absolute atomic E-state index is 4.79. The number of rotatable bonds is 5. The van der Waals surface area contributed by atoms with E-state index < -0.39 is 0 Å². The molecule has 2 nitrogen and oxygen atoms in total. The maximum atomic E-state index is 4.79. The van der Waals surface area contributed by atoms with Gasteiger partial charge in [0.15, 0.2) is 0 Å². The number of nitrogens with zero attached hydrogens (tertiary/aromatic N) is 2. The topological polar surface area (TPSA) is 15.6 Å². The molecule has 18 heavy (non-hydrogen) atoms. The molecule has 2 rings (SSSR count). The third-order valence-electron chi connectivity index (χ3n) is 3.84. The lowest BCUT2D eigenvalue weighted by Crippen LogP contribution is -2.26. The second-order valence-electron chi connectivity index (χ2n) is 4.92. The smallest absolute Gasteiger partial charge is 0.0516 e. The number of aliphatic imine (C=N–C) groups is 1. The normalized spacial score (nSPS) is 17.2. The minimum absolute atomic E-state index is 0.958. The van der Waals surface area contributed by atoms with Crippen LogP contribution in [0.2, 0.25) is 0 Å². The maximum Gasteiger partial charge on any atom is 0.0516 e. The summed E-state index contributed by atoms with van der Waals surface area (Å²) >= 11 is 0. The van der Waals surface area contributed by atoms with Gasteiger partial charge in [-0.1, -0.05) is 38.1 Å². The summed E-state index contributed by atoms with van der Waals surface area (Å²) in [4.78, 5) is 7.22. The number of benzene rings is 1. The molecule has 1 aromatic carbocycles. The fourth-order valence-electron chi connectivity index (χ4n) is 2.59. The Morgan fingerprint density at radius 2 is 1.78 bits per heavy atom. The Morgan fingerprint density at radius 1 is 1.06 bits per heavy atom. The minimum atomic E-state index is 0.958. The first-order chi connectivity index (χ1) is 8.83. The van der Waals surface area contributed by atoms with Gasteiger partial charge in [-0.05, 0) is 37.1 Å². The van der Waals surface area contributed by atoms with Crippen molar-refractivity contribution in [3.05, 3.63) is 35.4 Å². The number of hydrogen-bond donors (Lipinski definition) is 0. The molecule has 0 heterocycles. The molecule has 0 atom stereocenters. The molecule has 0 radical (unpaired) electrons. The average Bonchev–Trinajstić information content (AvgIpc) is 2.43. The largest absolute Gasteiger partial charge is 0.302 e. The van der Waals surface area contributed by atoms with Gasteiger partial charge in [-0.25, -0.2) is 0 Å². The van der Waals surface area contributed by atoms with Crippen molar-refractivity contribution >= 4 is 5.71 Å². The summed E-state index contributed by atoms with van der Waals surface area (Å²) in [6, 6.07) is 8.77. The van der Waals surface area contributed by atoms with Crippen molar-refractivity contribution in [2.45, 2.75) is 33.1 Å². The zero-order chi connectivity index (χ0) is 12.8. The van der Waals surface area contributed by atoms with Crippen LogP contribution < -0.4 is 0 Å². The van der Waals surface area contributed by atoms with Crippen LogP contribution in [0.4, 0.5) is 0 Å². The second-order valence-corrected chi connectivity index (χ2v) is 4.92. The van der Waals surface area contributed by atoms with Gasteiger partial charge in [0, 0.05) is 18.7 Å². The SMILES string of the molecule is CCN(CC)CCN=C1CCc2ccccc2C1. The molecule has 0 amide bonds. The highest BCUT2D eigenvalue weighted by Gasteiger charge is 2.12. The van der Waals surface area contributed by atoms with Crippen LogP contribution >= 0.6 is 0 Å². The third-order valence-corrected chi connectivity index (χ3v) is 3.84. The third kappa shape index (κ3) is 3.42. The molecule has 0 N–H and O–H groups in total. The number of likely N-dealkylation sites (N-methyl/N-ethyl adjacent to an activating group) is 1. The Morgan fingerprint density at radius 3 is 2.50 bits per heavy atom. The summed E-state index contributed by atoms with van der Waals surface area (Å²) in [5.41, 5.74) is 4.38. The monoisotopic (exact) mass is 244 g/mol. The van der Waals surface area contributed by atoms with Crippen molar-refractivity contribution in [3.8, 4) is 0 Å². The van der Waals surface area contributed by atoms with Crippen LogP contribution in [0.1, 0.15) is 31.4 Å². The zero-order valence-corrected chi connectivity index (χ0v) is 11.7. The first-order valence-electron chi connectivity index (χ1n) is 7.14. The van der Waals surface area contributed by atoms with Crippen molar-refractivity contribution in [2.75, 3.05) is 26.2 Å². The molecule has 0 saturated carbocycles. The average molecular weight is 244 g/mol. The van der Waals surface area contributed by atoms with Crippen LogP contribution in [-0.2, 0) is 12.8 Å². The van der Waals surface area contributed by atoms with Gasteiger partial charge >= 0.3 is 0 Å². The van der Waals surface area contributed by atoms with Gasteiger partial charge in [0.2, 0.25) is 0 Å². The first kappa shape index (κ1) is 13.3. The Hall–Kier alpha value is -1.15. The van der Waals surface area contributed by atoms with Crippen molar-refractivity contribution in [3.63, 3.8) is 0 Å². The molecule has 98 valence electrons. The molecule has 1 aliphatic rings. The molecule has 1 aromatic rings. The van der Waals surface area contributed by atoms with Crippen LogP contribution in [0, 0.1) is 0 Å². The van der Waals surface area contributed by atoms with Crippen LogP contribution in [0.25, 0.3) is 0 Å². The summed E-state index contributed by atoms with van der Waals surface area (Å²) in [5, 5.41) is 0. The lowest BCUT2D eigenvalue weighted by molar-refractivity contribution is 0.313. The van der Waals surface area contributed by atoms with Crippen LogP contribution in [0.15, 0.2) is 29.3 Å². The number of aryl methyl sites for hydroxylation is 1. The molecule has 0 saturated heterocycles. The number of fused-ring (bicyclic) bond motifs is 1. The number of hydrogen-bond acceptors (Lipinski definition) is 2. The fourth-order valence-corrected chi connectivity index (χ4v) is 2.59. The molecule has 0 spiro atoms. The van der Waals surface area contributed by atoms with Crippen LogP contribution in [-0.4, -0.2) is 36.8 Å². The summed E-state index contributed by atoms with van der Waals surface area (Å²) in [5.74, 6) is 0. The van der Waals surface area contributed by atoms with Crippen LogP contribution in [0.3, 0.4) is 0 Å². The quantitative estimate of drug-likeness (QED) is 0.777. The summed E-state index contributed by atoms with van der Waals surface area (Å²) in [6.45, 7) is 8.74. The van der Waals surface area contributed by atoms with Gasteiger partial charge in [-0.3, -0.25) is 4.99 Å². The van der Waals surface area contributed by atoms with Gasteiger partial charge in [0.1, 0.15) is 0 Å². The molecule has 0 unspecified atom stereocenters. The van der Waals surface area contributed by atoms with Gasteiger partial charge in [0.05, 0.1) is 6.54 Å². The minimum Gasteiger partial charge on any atom is -0.302 e. The molecule has 0 aromatic heterocycles. The Balaban J connectivity index is 1.89. The van der Waals surface area contributed by atoms with E-state index in [1.165, 1.54) is 23.3 Å². The highest BCUT2D eigenvalue weighted by molar-refractivity contribution is 5.88. The van der Waals surface area contributed by atoms with E-state index in [1.807, 2.05) is 0 Å².